The summed E-state index contributed by atoms with van der Waals surface area (Å²) in [4.78, 5) is 35.1. The molecule has 3 atom stereocenters. The molecule has 2 N–H and O–H groups in total. The molecule has 0 spiro atoms. The number of nitrogens with one attached hydrogen (secondary N) is 2. The number of nitrogens with zero attached hydrogens (tertiary/aromatic N) is 5. The maximum absolute atomic E-state index is 14.6. The lowest BCUT2D eigenvalue weighted by Gasteiger charge is -2.21. The van der Waals surface area contributed by atoms with Gasteiger partial charge in [-0.1, -0.05) is 6.07 Å². The van der Waals surface area contributed by atoms with Crippen molar-refractivity contribution in [2.75, 3.05) is 13.1 Å². The van der Waals surface area contributed by atoms with E-state index in [2.05, 4.69) is 25.5 Å². The lowest BCUT2D eigenvalue weighted by Crippen LogP contribution is -2.36. The normalized spacial score (nSPS) is 23.0. The number of H-pyrrole nitrogens is 1. The highest BCUT2D eigenvalue weighted by Crippen LogP contribution is 2.35. The van der Waals surface area contributed by atoms with Gasteiger partial charge in [0.1, 0.15) is 22.9 Å². The lowest BCUT2D eigenvalue weighted by molar-refractivity contribution is 0.0775. The third kappa shape index (κ3) is 3.18. The van der Waals surface area contributed by atoms with E-state index in [0.29, 0.717) is 30.3 Å². The molecule has 9 nitrogen and oxygen atoms in total. The molecule has 0 aliphatic carbocycles. The number of halogens is 1. The largest absolute Gasteiger partial charge is 0.337 e. The van der Waals surface area contributed by atoms with Crippen molar-refractivity contribution >= 4 is 5.91 Å². The second kappa shape index (κ2) is 7.13. The van der Waals surface area contributed by atoms with E-state index in [4.69, 9.17) is 0 Å². The Morgan fingerprint density at radius 2 is 2.03 bits per heavy atom. The number of rotatable bonds is 3. The second-order valence-corrected chi connectivity index (χ2v) is 7.76. The number of likely N-dealkylation sites (tertiary alicyclic amines) is 1. The zero-order valence-electron chi connectivity index (χ0n) is 16.2. The van der Waals surface area contributed by atoms with Crippen molar-refractivity contribution in [2.24, 2.45) is 5.92 Å². The number of carbonyl (C=O) groups is 1. The monoisotopic (exact) mass is 409 g/mol. The minimum Gasteiger partial charge on any atom is -0.337 e. The van der Waals surface area contributed by atoms with Crippen LogP contribution < -0.4 is 10.9 Å². The fourth-order valence-corrected chi connectivity index (χ4v) is 4.44. The molecule has 1 aromatic carbocycles. The van der Waals surface area contributed by atoms with Crippen molar-refractivity contribution in [1.82, 2.24) is 35.2 Å². The van der Waals surface area contributed by atoms with Gasteiger partial charge in [0.05, 0.1) is 18.4 Å². The Kier molecular flexibility index (Phi) is 4.43. The minimum absolute atomic E-state index is 0.0325. The van der Waals surface area contributed by atoms with Crippen LogP contribution in [0.3, 0.4) is 0 Å². The number of hydrogen-bond acceptors (Lipinski definition) is 6. The number of benzene rings is 1. The van der Waals surface area contributed by atoms with Crippen LogP contribution in [0.5, 0.6) is 0 Å². The van der Waals surface area contributed by atoms with Crippen LogP contribution in [0.25, 0.3) is 5.69 Å². The smallest absolute Gasteiger partial charge is 0.259 e. The highest BCUT2D eigenvalue weighted by molar-refractivity contribution is 5.98. The van der Waals surface area contributed by atoms with Crippen LogP contribution >= 0.6 is 0 Å². The predicted molar refractivity (Wildman–Crippen MR) is 105 cm³/mol. The third-order valence-electron chi connectivity index (χ3n) is 5.74. The Morgan fingerprint density at radius 3 is 2.77 bits per heavy atom. The molecule has 3 aromatic rings. The van der Waals surface area contributed by atoms with Gasteiger partial charge in [0.15, 0.2) is 0 Å². The number of aryl methyl sites for hydroxylation is 1. The molecule has 2 fully saturated rings. The molecule has 2 saturated heterocycles. The summed E-state index contributed by atoms with van der Waals surface area (Å²) in [6, 6.07) is 5.88. The van der Waals surface area contributed by atoms with Gasteiger partial charge in [0, 0.05) is 30.9 Å². The Hall–Kier alpha value is -3.40. The Balaban J connectivity index is 1.35. The first-order chi connectivity index (χ1) is 14.5. The van der Waals surface area contributed by atoms with Gasteiger partial charge in [-0.25, -0.2) is 9.37 Å². The minimum atomic E-state index is -0.598. The topological polar surface area (TPSA) is 109 Å². The Bertz CT molecular complexity index is 1150. The number of hydrogen-bond donors (Lipinski definition) is 2. The zero-order chi connectivity index (χ0) is 20.8. The molecule has 30 heavy (non-hydrogen) atoms. The first-order valence-electron chi connectivity index (χ1n) is 9.78. The van der Waals surface area contributed by atoms with Crippen LogP contribution in [0.1, 0.15) is 34.3 Å². The third-order valence-corrected chi connectivity index (χ3v) is 5.74. The van der Waals surface area contributed by atoms with E-state index in [1.165, 1.54) is 35.4 Å². The molecule has 2 aliphatic rings. The van der Waals surface area contributed by atoms with Crippen molar-refractivity contribution in [3.8, 4) is 5.69 Å². The van der Waals surface area contributed by atoms with E-state index < -0.39 is 5.82 Å². The maximum atomic E-state index is 14.6. The van der Waals surface area contributed by atoms with E-state index in [0.717, 1.165) is 6.42 Å². The van der Waals surface area contributed by atoms with Crippen LogP contribution in [0.2, 0.25) is 0 Å². The molecule has 2 aliphatic heterocycles. The summed E-state index contributed by atoms with van der Waals surface area (Å²) in [6.07, 6.45) is 3.70. The number of aromatic nitrogens is 5. The summed E-state index contributed by atoms with van der Waals surface area (Å²) in [5, 5.41) is 11.5. The van der Waals surface area contributed by atoms with Gasteiger partial charge in [-0.15, -0.1) is 0 Å². The molecule has 0 radical (unpaired) electrons. The van der Waals surface area contributed by atoms with Crippen LogP contribution in [0, 0.1) is 18.7 Å². The molecule has 2 aromatic heterocycles. The fourth-order valence-electron chi connectivity index (χ4n) is 4.44. The highest BCUT2D eigenvalue weighted by Gasteiger charge is 2.44. The van der Waals surface area contributed by atoms with Gasteiger partial charge in [-0.3, -0.25) is 9.59 Å². The number of carbonyl (C=O) groups excluding carboxylic acids is 1. The van der Waals surface area contributed by atoms with Crippen LogP contribution in [0.15, 0.2) is 41.5 Å². The quantitative estimate of drug-likeness (QED) is 0.667. The van der Waals surface area contributed by atoms with Crippen LogP contribution in [-0.4, -0.2) is 54.9 Å². The Morgan fingerprint density at radius 1 is 1.23 bits per heavy atom. The first kappa shape index (κ1) is 18.6. The van der Waals surface area contributed by atoms with Gasteiger partial charge in [0.25, 0.3) is 11.5 Å². The van der Waals surface area contributed by atoms with Crippen LogP contribution in [0.4, 0.5) is 4.39 Å². The fraction of sp³-hybridized carbons (Fsp3) is 0.350. The van der Waals surface area contributed by atoms with Gasteiger partial charge in [-0.2, -0.15) is 15.0 Å². The summed E-state index contributed by atoms with van der Waals surface area (Å²) in [6.45, 7) is 2.75. The van der Waals surface area contributed by atoms with Crippen molar-refractivity contribution in [3.05, 3.63) is 69.9 Å². The molecule has 4 heterocycles. The van der Waals surface area contributed by atoms with Crippen molar-refractivity contribution in [1.29, 1.82) is 0 Å². The summed E-state index contributed by atoms with van der Waals surface area (Å²) in [5.41, 5.74) is 0.778. The molecule has 10 heteroatoms. The van der Waals surface area contributed by atoms with Crippen molar-refractivity contribution in [3.63, 3.8) is 0 Å². The molecule has 154 valence electrons. The van der Waals surface area contributed by atoms with Gasteiger partial charge < -0.3 is 15.2 Å². The SMILES string of the molecule is Cc1cc(=O)[nH]c(C2CC3CN(C(=O)c4c(F)cccc4-n4nccn4)CC3N2)n1. The van der Waals surface area contributed by atoms with Crippen molar-refractivity contribution < 1.29 is 9.18 Å². The summed E-state index contributed by atoms with van der Waals surface area (Å²) in [7, 11) is 0. The second-order valence-electron chi connectivity index (χ2n) is 7.76. The number of amides is 1. The summed E-state index contributed by atoms with van der Waals surface area (Å²) in [5.74, 6) is -0.161. The van der Waals surface area contributed by atoms with E-state index in [1.807, 2.05) is 0 Å². The van der Waals surface area contributed by atoms with E-state index >= 15 is 0 Å². The molecule has 0 bridgehead atoms. The molecular weight excluding hydrogens is 389 g/mol. The van der Waals surface area contributed by atoms with Crippen molar-refractivity contribution in [2.45, 2.75) is 25.4 Å². The standard InChI is InChI=1S/C20H20FN7O2/c1-11-7-17(29)26-19(24-11)14-8-12-9-27(10-15(12)25-14)20(30)18-13(21)3-2-4-16(18)28-22-5-6-23-28/h2-7,12,14-15,25H,8-10H2,1H3,(H,24,26,29). The van der Waals surface area contributed by atoms with E-state index in [9.17, 15) is 14.0 Å². The molecular formula is C20H20FN7O2. The predicted octanol–water partition coefficient (Wildman–Crippen LogP) is 0.973. The molecule has 1 amide bonds. The summed E-state index contributed by atoms with van der Waals surface area (Å²) < 4.78 is 14.6. The van der Waals surface area contributed by atoms with Gasteiger partial charge >= 0.3 is 0 Å². The summed E-state index contributed by atoms with van der Waals surface area (Å²) >= 11 is 0. The highest BCUT2D eigenvalue weighted by atomic mass is 19.1. The maximum Gasteiger partial charge on any atom is 0.259 e. The molecule has 5 rings (SSSR count). The Labute approximate surface area is 170 Å². The number of aromatic amines is 1. The average molecular weight is 409 g/mol. The van der Waals surface area contributed by atoms with E-state index in [-0.39, 0.29) is 35.0 Å². The van der Waals surface area contributed by atoms with Gasteiger partial charge in [0.2, 0.25) is 0 Å². The first-order valence-corrected chi connectivity index (χ1v) is 9.78. The lowest BCUT2D eigenvalue weighted by atomic mass is 10.0. The molecule has 3 unspecified atom stereocenters. The number of fused-ring (bicyclic) bond motifs is 1. The van der Waals surface area contributed by atoms with Crippen LogP contribution in [-0.2, 0) is 0 Å². The van der Waals surface area contributed by atoms with E-state index in [1.54, 1.807) is 17.9 Å². The van der Waals surface area contributed by atoms with Gasteiger partial charge in [-0.05, 0) is 31.4 Å². The average Bonchev–Trinajstić information content (AvgIpc) is 3.43. The zero-order valence-corrected chi connectivity index (χ0v) is 16.2. The molecule has 0 saturated carbocycles.